The second-order valence-electron chi connectivity index (χ2n) is 6.38. The largest absolute Gasteiger partial charge is 0.359 e. The predicted octanol–water partition coefficient (Wildman–Crippen LogP) is 3.02. The van der Waals surface area contributed by atoms with Gasteiger partial charge in [0.15, 0.2) is 5.76 Å². The smallest absolute Gasteiger partial charge is 0.251 e. The van der Waals surface area contributed by atoms with E-state index in [1.807, 2.05) is 18.2 Å². The highest BCUT2D eigenvalue weighted by Crippen LogP contribution is 2.23. The third-order valence-electron chi connectivity index (χ3n) is 4.48. The molecule has 1 aromatic heterocycles. The lowest BCUT2D eigenvalue weighted by Gasteiger charge is -2.23. The average molecular weight is 327 g/mol. The molecule has 0 aliphatic carbocycles. The first-order valence-electron chi connectivity index (χ1n) is 8.79. The Morgan fingerprint density at radius 1 is 1.38 bits per heavy atom. The number of nitrogens with one attached hydrogen (secondary N) is 2. The van der Waals surface area contributed by atoms with Crippen molar-refractivity contribution in [2.75, 3.05) is 13.1 Å². The van der Waals surface area contributed by atoms with Crippen LogP contribution in [-0.4, -0.2) is 24.2 Å². The summed E-state index contributed by atoms with van der Waals surface area (Å²) in [6, 6.07) is 9.86. The summed E-state index contributed by atoms with van der Waals surface area (Å²) in [6.45, 7) is 4.60. The molecule has 1 amide bonds. The molecule has 128 valence electrons. The van der Waals surface area contributed by atoms with Crippen LogP contribution in [0.2, 0.25) is 0 Å². The Labute approximate surface area is 142 Å². The van der Waals surface area contributed by atoms with Crippen LogP contribution in [0, 0.1) is 0 Å². The lowest BCUT2D eigenvalue weighted by atomic mass is 9.91. The minimum Gasteiger partial charge on any atom is -0.359 e. The van der Waals surface area contributed by atoms with Crippen LogP contribution in [0.25, 0.3) is 0 Å². The van der Waals surface area contributed by atoms with Crippen LogP contribution in [-0.2, 0) is 13.0 Å². The number of amides is 1. The van der Waals surface area contributed by atoms with Crippen molar-refractivity contribution in [3.8, 4) is 0 Å². The molecule has 2 N–H and O–H groups in total. The van der Waals surface area contributed by atoms with E-state index in [0.29, 0.717) is 23.8 Å². The normalized spacial score (nSPS) is 17.6. The van der Waals surface area contributed by atoms with Gasteiger partial charge in [0.1, 0.15) is 0 Å². The van der Waals surface area contributed by atoms with Gasteiger partial charge in [0.05, 0.1) is 12.2 Å². The summed E-state index contributed by atoms with van der Waals surface area (Å²) in [5, 5.41) is 10.3. The lowest BCUT2D eigenvalue weighted by Crippen LogP contribution is -2.28. The van der Waals surface area contributed by atoms with Gasteiger partial charge in [0, 0.05) is 18.2 Å². The monoisotopic (exact) mass is 327 g/mol. The van der Waals surface area contributed by atoms with E-state index in [1.165, 1.54) is 18.4 Å². The van der Waals surface area contributed by atoms with E-state index in [1.54, 1.807) is 0 Å². The Bertz CT molecular complexity index is 658. The number of aromatic nitrogens is 1. The Balaban J connectivity index is 1.54. The summed E-state index contributed by atoms with van der Waals surface area (Å²) in [5.41, 5.74) is 2.92. The molecule has 1 unspecified atom stereocenters. The summed E-state index contributed by atoms with van der Waals surface area (Å²) in [5.74, 6) is 1.16. The first-order valence-corrected chi connectivity index (χ1v) is 8.79. The van der Waals surface area contributed by atoms with Crippen LogP contribution in [0.5, 0.6) is 0 Å². The highest BCUT2D eigenvalue weighted by Gasteiger charge is 2.15. The van der Waals surface area contributed by atoms with Gasteiger partial charge in [0.25, 0.3) is 5.91 Å². The zero-order valence-electron chi connectivity index (χ0n) is 14.2. The van der Waals surface area contributed by atoms with E-state index in [-0.39, 0.29) is 5.91 Å². The molecule has 2 heterocycles. The highest BCUT2D eigenvalue weighted by molar-refractivity contribution is 5.94. The number of hydrogen-bond acceptors (Lipinski definition) is 4. The fraction of sp³-hybridized carbons (Fsp3) is 0.474. The van der Waals surface area contributed by atoms with Gasteiger partial charge in [0.2, 0.25) is 0 Å². The maximum atomic E-state index is 12.3. The van der Waals surface area contributed by atoms with Crippen molar-refractivity contribution in [1.29, 1.82) is 0 Å². The third-order valence-corrected chi connectivity index (χ3v) is 4.48. The number of carbonyl (C=O) groups excluding carboxylic acids is 1. The van der Waals surface area contributed by atoms with E-state index >= 15 is 0 Å². The fourth-order valence-corrected chi connectivity index (χ4v) is 3.13. The van der Waals surface area contributed by atoms with Crippen molar-refractivity contribution in [3.05, 3.63) is 52.9 Å². The molecule has 5 heteroatoms. The fourth-order valence-electron chi connectivity index (χ4n) is 3.13. The molecule has 0 saturated carbocycles. The number of hydrogen-bond donors (Lipinski definition) is 2. The molecule has 0 radical (unpaired) electrons. The molecular formula is C19H25N3O2. The van der Waals surface area contributed by atoms with Gasteiger partial charge in [-0.15, -0.1) is 0 Å². The second kappa shape index (κ2) is 8.11. The van der Waals surface area contributed by atoms with E-state index in [4.69, 9.17) is 4.52 Å². The van der Waals surface area contributed by atoms with Crippen molar-refractivity contribution < 1.29 is 9.32 Å². The van der Waals surface area contributed by atoms with Gasteiger partial charge >= 0.3 is 0 Å². The van der Waals surface area contributed by atoms with E-state index in [2.05, 4.69) is 34.8 Å². The zero-order chi connectivity index (χ0) is 16.8. The SMILES string of the molecule is CCCc1cc(CNC(=O)c2ccc(C3CCCNC3)cc2)on1. The van der Waals surface area contributed by atoms with Crippen molar-refractivity contribution in [2.45, 2.75) is 45.1 Å². The Kier molecular flexibility index (Phi) is 5.64. The summed E-state index contributed by atoms with van der Waals surface area (Å²) in [7, 11) is 0. The maximum absolute atomic E-state index is 12.3. The molecular weight excluding hydrogens is 302 g/mol. The topological polar surface area (TPSA) is 67.2 Å². The number of carbonyl (C=O) groups is 1. The molecule has 0 bridgehead atoms. The van der Waals surface area contributed by atoms with Gasteiger partial charge in [-0.25, -0.2) is 0 Å². The van der Waals surface area contributed by atoms with Crippen LogP contribution in [0.4, 0.5) is 0 Å². The molecule has 2 aromatic rings. The predicted molar refractivity (Wildman–Crippen MR) is 93.0 cm³/mol. The minimum atomic E-state index is -0.0863. The molecule has 1 atom stereocenters. The summed E-state index contributed by atoms with van der Waals surface area (Å²) in [4.78, 5) is 12.3. The number of nitrogens with zero attached hydrogens (tertiary/aromatic N) is 1. The van der Waals surface area contributed by atoms with Crippen LogP contribution in [0.15, 0.2) is 34.9 Å². The Morgan fingerprint density at radius 3 is 2.92 bits per heavy atom. The van der Waals surface area contributed by atoms with E-state index < -0.39 is 0 Å². The number of aryl methyl sites for hydroxylation is 1. The van der Waals surface area contributed by atoms with Crippen LogP contribution in [0.1, 0.15) is 59.5 Å². The van der Waals surface area contributed by atoms with Gasteiger partial charge < -0.3 is 15.2 Å². The highest BCUT2D eigenvalue weighted by atomic mass is 16.5. The summed E-state index contributed by atoms with van der Waals surface area (Å²) >= 11 is 0. The van der Waals surface area contributed by atoms with Crippen molar-refractivity contribution in [1.82, 2.24) is 15.8 Å². The van der Waals surface area contributed by atoms with Crippen molar-refractivity contribution >= 4 is 5.91 Å². The molecule has 1 aliphatic heterocycles. The molecule has 1 saturated heterocycles. The number of rotatable bonds is 6. The standard InChI is InChI=1S/C19H25N3O2/c1-2-4-17-11-18(24-22-17)13-21-19(23)15-8-6-14(7-9-15)16-5-3-10-20-12-16/h6-9,11,16,20H,2-5,10,12-13H2,1H3,(H,21,23). The quantitative estimate of drug-likeness (QED) is 0.856. The third kappa shape index (κ3) is 4.23. The number of benzene rings is 1. The van der Waals surface area contributed by atoms with Crippen LogP contribution in [0.3, 0.4) is 0 Å². The molecule has 1 aromatic carbocycles. The molecule has 0 spiro atoms. The van der Waals surface area contributed by atoms with Gasteiger partial charge in [-0.05, 0) is 49.4 Å². The molecule has 5 nitrogen and oxygen atoms in total. The minimum absolute atomic E-state index is 0.0863. The molecule has 3 rings (SSSR count). The summed E-state index contributed by atoms with van der Waals surface area (Å²) < 4.78 is 5.23. The van der Waals surface area contributed by atoms with E-state index in [0.717, 1.165) is 31.6 Å². The van der Waals surface area contributed by atoms with Crippen LogP contribution < -0.4 is 10.6 Å². The Morgan fingerprint density at radius 2 is 2.21 bits per heavy atom. The van der Waals surface area contributed by atoms with Crippen LogP contribution >= 0.6 is 0 Å². The zero-order valence-corrected chi connectivity index (χ0v) is 14.2. The first kappa shape index (κ1) is 16.7. The van der Waals surface area contributed by atoms with Gasteiger partial charge in [-0.1, -0.05) is 30.6 Å². The summed E-state index contributed by atoms with van der Waals surface area (Å²) in [6.07, 6.45) is 4.35. The maximum Gasteiger partial charge on any atom is 0.251 e. The molecule has 24 heavy (non-hydrogen) atoms. The Hall–Kier alpha value is -2.14. The molecule has 1 aliphatic rings. The van der Waals surface area contributed by atoms with Crippen molar-refractivity contribution in [3.63, 3.8) is 0 Å². The van der Waals surface area contributed by atoms with Gasteiger partial charge in [-0.3, -0.25) is 4.79 Å². The van der Waals surface area contributed by atoms with Gasteiger partial charge in [-0.2, -0.15) is 0 Å². The number of piperidine rings is 1. The average Bonchev–Trinajstić information content (AvgIpc) is 3.08. The van der Waals surface area contributed by atoms with Crippen molar-refractivity contribution in [2.24, 2.45) is 0 Å². The first-order chi connectivity index (χ1) is 11.8. The lowest BCUT2D eigenvalue weighted by molar-refractivity contribution is 0.0947. The van der Waals surface area contributed by atoms with E-state index in [9.17, 15) is 4.79 Å². The molecule has 1 fully saturated rings. The second-order valence-corrected chi connectivity index (χ2v) is 6.38.